The first kappa shape index (κ1) is 21.8. The molecule has 1 aliphatic heterocycles. The monoisotopic (exact) mass is 474 g/mol. The number of piperazine rings is 1. The van der Waals surface area contributed by atoms with E-state index >= 15 is 0 Å². The Morgan fingerprint density at radius 3 is 2.29 bits per heavy atom. The Kier molecular flexibility index (Phi) is 5.56. The highest BCUT2D eigenvalue weighted by Crippen LogP contribution is 2.37. The number of aromatic amines is 1. The van der Waals surface area contributed by atoms with Crippen LogP contribution in [0.25, 0.3) is 10.6 Å². The van der Waals surface area contributed by atoms with Crippen molar-refractivity contribution < 1.29 is 26.0 Å². The van der Waals surface area contributed by atoms with Gasteiger partial charge in [0, 0.05) is 36.7 Å². The zero-order valence-corrected chi connectivity index (χ0v) is 17.9. The van der Waals surface area contributed by atoms with Crippen molar-refractivity contribution in [3.8, 4) is 10.6 Å². The zero-order chi connectivity index (χ0) is 22.4. The maximum Gasteiger partial charge on any atom is 0.432 e. The van der Waals surface area contributed by atoms with E-state index in [1.54, 1.807) is 19.1 Å². The number of anilines is 1. The van der Waals surface area contributed by atoms with E-state index in [-0.39, 0.29) is 29.5 Å². The Morgan fingerprint density at radius 1 is 1.06 bits per heavy atom. The molecule has 1 saturated heterocycles. The molecule has 0 atom stereocenters. The second kappa shape index (κ2) is 7.92. The van der Waals surface area contributed by atoms with Crippen LogP contribution in [0.15, 0.2) is 41.3 Å². The number of rotatable bonds is 4. The van der Waals surface area contributed by atoms with Crippen LogP contribution in [0.3, 0.4) is 0 Å². The average Bonchev–Trinajstić information content (AvgIpc) is 3.36. The Hall–Kier alpha value is -2.44. The van der Waals surface area contributed by atoms with E-state index in [4.69, 9.17) is 0 Å². The number of alkyl halides is 3. The number of H-pyrrole nitrogens is 1. The minimum absolute atomic E-state index is 0.0444. The van der Waals surface area contributed by atoms with E-state index in [1.807, 2.05) is 10.00 Å². The Labute approximate surface area is 180 Å². The molecule has 0 radical (unpaired) electrons. The summed E-state index contributed by atoms with van der Waals surface area (Å²) in [5, 5.41) is 5.62. The minimum Gasteiger partial charge on any atom is -0.369 e. The first-order valence-corrected chi connectivity index (χ1v) is 11.6. The van der Waals surface area contributed by atoms with E-state index < -0.39 is 21.9 Å². The molecule has 12 heteroatoms. The molecule has 166 valence electrons. The molecule has 3 heterocycles. The number of nitrogens with zero attached hydrogens (tertiary/aromatic N) is 3. The van der Waals surface area contributed by atoms with Gasteiger partial charge < -0.3 is 4.90 Å². The fraction of sp³-hybridized carbons (Fsp3) is 0.316. The molecule has 0 amide bonds. The number of aromatic nitrogens is 2. The van der Waals surface area contributed by atoms with Crippen LogP contribution < -0.4 is 4.90 Å². The molecule has 1 fully saturated rings. The lowest BCUT2D eigenvalue weighted by molar-refractivity contribution is -0.141. The van der Waals surface area contributed by atoms with Gasteiger partial charge in [0.2, 0.25) is 10.0 Å². The van der Waals surface area contributed by atoms with Crippen molar-refractivity contribution in [2.24, 2.45) is 0 Å². The molecule has 4 rings (SSSR count). The van der Waals surface area contributed by atoms with E-state index in [0.717, 1.165) is 23.1 Å². The molecular weight excluding hydrogens is 456 g/mol. The number of benzene rings is 1. The molecule has 2 aromatic heterocycles. The van der Waals surface area contributed by atoms with Gasteiger partial charge in [0.25, 0.3) is 0 Å². The largest absolute Gasteiger partial charge is 0.432 e. The molecule has 31 heavy (non-hydrogen) atoms. The number of nitrogens with one attached hydrogen (secondary N) is 1. The molecular formula is C19H18F4N4O2S2. The van der Waals surface area contributed by atoms with Crippen LogP contribution >= 0.6 is 11.3 Å². The summed E-state index contributed by atoms with van der Waals surface area (Å²) in [4.78, 5) is 2.86. The highest BCUT2D eigenvalue weighted by molar-refractivity contribution is 7.89. The van der Waals surface area contributed by atoms with E-state index in [1.165, 1.54) is 22.5 Å². The Bertz CT molecular complexity index is 1180. The van der Waals surface area contributed by atoms with Gasteiger partial charge in [0.1, 0.15) is 17.2 Å². The molecule has 0 saturated carbocycles. The summed E-state index contributed by atoms with van der Waals surface area (Å²) < 4.78 is 79.2. The summed E-state index contributed by atoms with van der Waals surface area (Å²) in [6.07, 6.45) is -4.56. The summed E-state index contributed by atoms with van der Waals surface area (Å²) in [5.41, 5.74) is -0.135. The molecule has 6 nitrogen and oxygen atoms in total. The molecule has 1 N–H and O–H groups in total. The average molecular weight is 475 g/mol. The first-order valence-electron chi connectivity index (χ1n) is 9.30. The van der Waals surface area contributed by atoms with Crippen molar-refractivity contribution in [1.82, 2.24) is 14.5 Å². The highest BCUT2D eigenvalue weighted by atomic mass is 32.2. The quantitative estimate of drug-likeness (QED) is 0.578. The number of hydrogen-bond acceptors (Lipinski definition) is 5. The van der Waals surface area contributed by atoms with Gasteiger partial charge in [0.15, 0.2) is 0 Å². The van der Waals surface area contributed by atoms with Crippen LogP contribution in [0.2, 0.25) is 0 Å². The van der Waals surface area contributed by atoms with Crippen molar-refractivity contribution in [2.45, 2.75) is 18.0 Å². The number of thiophene rings is 1. The Morgan fingerprint density at radius 2 is 1.71 bits per heavy atom. The van der Waals surface area contributed by atoms with Gasteiger partial charge in [-0.25, -0.2) is 12.8 Å². The number of halogens is 4. The molecule has 1 aliphatic rings. The Balaban J connectivity index is 1.52. The normalized spacial score (nSPS) is 16.1. The fourth-order valence-corrected chi connectivity index (χ4v) is 6.36. The smallest absolute Gasteiger partial charge is 0.369 e. The number of sulfonamides is 1. The van der Waals surface area contributed by atoms with Gasteiger partial charge in [-0.05, 0) is 43.3 Å². The molecule has 0 aliphatic carbocycles. The second-order valence-electron chi connectivity index (χ2n) is 7.06. The lowest BCUT2D eigenvalue weighted by atomic mass is 10.2. The molecule has 1 aromatic carbocycles. The predicted octanol–water partition coefficient (Wildman–Crippen LogP) is 4.12. The van der Waals surface area contributed by atoms with Gasteiger partial charge in [-0.3, -0.25) is 5.10 Å². The lowest BCUT2D eigenvalue weighted by Gasteiger charge is -2.35. The van der Waals surface area contributed by atoms with Crippen molar-refractivity contribution >= 4 is 27.0 Å². The van der Waals surface area contributed by atoms with E-state index in [0.29, 0.717) is 22.8 Å². The summed E-state index contributed by atoms with van der Waals surface area (Å²) in [6.45, 7) is 2.98. The maximum atomic E-state index is 13.2. The zero-order valence-electron chi connectivity index (χ0n) is 16.3. The lowest BCUT2D eigenvalue weighted by Crippen LogP contribution is -2.48. The van der Waals surface area contributed by atoms with E-state index in [2.05, 4.69) is 5.10 Å². The van der Waals surface area contributed by atoms with Crippen LogP contribution in [-0.2, 0) is 16.2 Å². The second-order valence-corrected chi connectivity index (χ2v) is 10.2. The van der Waals surface area contributed by atoms with Crippen molar-refractivity contribution in [2.75, 3.05) is 31.1 Å². The van der Waals surface area contributed by atoms with Crippen LogP contribution in [-0.4, -0.2) is 49.1 Å². The third-order valence-electron chi connectivity index (χ3n) is 5.06. The summed E-state index contributed by atoms with van der Waals surface area (Å²) in [7, 11) is -3.82. The van der Waals surface area contributed by atoms with E-state index in [9.17, 15) is 26.0 Å². The molecule has 0 bridgehead atoms. The summed E-state index contributed by atoms with van der Waals surface area (Å²) in [5.74, 6) is -0.340. The summed E-state index contributed by atoms with van der Waals surface area (Å²) in [6, 6.07) is 8.24. The van der Waals surface area contributed by atoms with Crippen molar-refractivity contribution in [3.05, 3.63) is 52.8 Å². The van der Waals surface area contributed by atoms with Crippen LogP contribution in [0.5, 0.6) is 0 Å². The predicted molar refractivity (Wildman–Crippen MR) is 109 cm³/mol. The first-order chi connectivity index (χ1) is 14.6. The topological polar surface area (TPSA) is 69.3 Å². The third-order valence-corrected chi connectivity index (χ3v) is 8.28. The third kappa shape index (κ3) is 4.32. The SMILES string of the molecule is Cc1sc(-c2cc(C(F)(F)F)[nH]n2)cc1S(=O)(=O)N1CCN(c2ccc(F)cc2)CC1. The standard InChI is InChI=1S/C19H18F4N4O2S2/c1-12-17(11-16(30-12)15-10-18(25-24-15)19(21,22)23)31(28,29)27-8-6-26(7-9-27)14-4-2-13(20)3-5-14/h2-5,10-11H,6-9H2,1H3,(H,24,25). The van der Waals surface area contributed by atoms with Gasteiger partial charge in [-0.15, -0.1) is 11.3 Å². The molecule has 0 spiro atoms. The van der Waals surface area contributed by atoms with Crippen LogP contribution in [0.1, 0.15) is 10.6 Å². The van der Waals surface area contributed by atoms with Gasteiger partial charge in [-0.1, -0.05) is 0 Å². The van der Waals surface area contributed by atoms with Crippen LogP contribution in [0, 0.1) is 12.7 Å². The highest BCUT2D eigenvalue weighted by Gasteiger charge is 2.34. The minimum atomic E-state index is -4.56. The van der Waals surface area contributed by atoms with Crippen molar-refractivity contribution in [3.63, 3.8) is 0 Å². The van der Waals surface area contributed by atoms with Crippen LogP contribution in [0.4, 0.5) is 23.2 Å². The fourth-order valence-electron chi connectivity index (χ4n) is 3.42. The maximum absolute atomic E-state index is 13.2. The van der Waals surface area contributed by atoms with Gasteiger partial charge in [0.05, 0.1) is 9.77 Å². The number of aryl methyl sites for hydroxylation is 1. The van der Waals surface area contributed by atoms with Gasteiger partial charge >= 0.3 is 6.18 Å². The van der Waals surface area contributed by atoms with Gasteiger partial charge in [-0.2, -0.15) is 22.6 Å². The molecule has 3 aromatic rings. The number of hydrogen-bond donors (Lipinski definition) is 1. The summed E-state index contributed by atoms with van der Waals surface area (Å²) >= 11 is 1.08. The van der Waals surface area contributed by atoms with Crippen molar-refractivity contribution in [1.29, 1.82) is 0 Å². The molecule has 0 unspecified atom stereocenters.